The number of hydrogen-bond donors (Lipinski definition) is 0. The Bertz CT molecular complexity index is 1050. The zero-order chi connectivity index (χ0) is 20.1. The highest BCUT2D eigenvalue weighted by atomic mass is 79.9. The fourth-order valence-corrected chi connectivity index (χ4v) is 5.45. The summed E-state index contributed by atoms with van der Waals surface area (Å²) in [6, 6.07) is 7.22. The molecule has 10 heteroatoms. The zero-order valence-corrected chi connectivity index (χ0v) is 19.3. The van der Waals surface area contributed by atoms with Crippen molar-refractivity contribution in [2.24, 2.45) is 0 Å². The molecule has 146 valence electrons. The smallest absolute Gasteiger partial charge is 0.254 e. The first kappa shape index (κ1) is 19.9. The molecule has 3 aromatic rings. The molecule has 0 saturated carbocycles. The third kappa shape index (κ3) is 3.98. The number of amides is 1. The summed E-state index contributed by atoms with van der Waals surface area (Å²) in [4.78, 5) is 23.2. The third-order valence-electron chi connectivity index (χ3n) is 4.70. The van der Waals surface area contributed by atoms with Crippen LogP contribution in [0.2, 0.25) is 0 Å². The van der Waals surface area contributed by atoms with E-state index in [9.17, 15) is 4.79 Å². The molecule has 6 nitrogen and oxygen atoms in total. The minimum Gasteiger partial charge on any atom is -0.334 e. The molecule has 0 radical (unpaired) electrons. The molecule has 2 unspecified atom stereocenters. The van der Waals surface area contributed by atoms with Gasteiger partial charge in [0.2, 0.25) is 0 Å². The van der Waals surface area contributed by atoms with Crippen molar-refractivity contribution in [2.75, 3.05) is 13.1 Å². The minimum atomic E-state index is -1.59. The number of nitrogens with zero attached hydrogens (tertiary/aromatic N) is 5. The summed E-state index contributed by atoms with van der Waals surface area (Å²) in [5, 5.41) is 2.64. The molecule has 1 amide bonds. The van der Waals surface area contributed by atoms with E-state index in [0.717, 1.165) is 20.3 Å². The number of halogens is 3. The lowest BCUT2D eigenvalue weighted by Crippen LogP contribution is -2.48. The van der Waals surface area contributed by atoms with E-state index in [4.69, 9.17) is 0 Å². The van der Waals surface area contributed by atoms with Gasteiger partial charge < -0.3 is 4.90 Å². The predicted molar refractivity (Wildman–Crippen MR) is 114 cm³/mol. The molecule has 1 aromatic carbocycles. The lowest BCUT2D eigenvalue weighted by atomic mass is 9.92. The Labute approximate surface area is 180 Å². The molecule has 1 saturated heterocycles. The fourth-order valence-electron chi connectivity index (χ4n) is 3.65. The van der Waals surface area contributed by atoms with Gasteiger partial charge in [-0.05, 0) is 37.6 Å². The summed E-state index contributed by atoms with van der Waals surface area (Å²) in [5.74, 6) is 0.0288. The number of alkyl halides is 1. The Hall–Kier alpha value is -1.44. The molecule has 0 spiro atoms. The number of hydrogen-bond acceptors (Lipinski definition) is 4. The normalized spacial score (nSPS) is 22.6. The van der Waals surface area contributed by atoms with Crippen LogP contribution >= 0.6 is 41.1 Å². The van der Waals surface area contributed by atoms with E-state index >= 15 is 4.39 Å². The van der Waals surface area contributed by atoms with Crippen LogP contribution in [0.1, 0.15) is 34.1 Å². The SMILES string of the molecule is Cc1cc([C@@H]2CN(C(=O)c3cc(Br)cc(Br)c3)CC(F)(P)C2)n2ncnc2n1. The maximum Gasteiger partial charge on any atom is 0.254 e. The van der Waals surface area contributed by atoms with Gasteiger partial charge in [0.15, 0.2) is 0 Å². The van der Waals surface area contributed by atoms with Crippen LogP contribution in [0.15, 0.2) is 39.5 Å². The number of piperidine rings is 1. The Morgan fingerprint density at radius 2 is 2.00 bits per heavy atom. The van der Waals surface area contributed by atoms with Crippen molar-refractivity contribution in [3.63, 3.8) is 0 Å². The average Bonchev–Trinajstić information content (AvgIpc) is 3.06. The molecule has 4 rings (SSSR count). The molecule has 3 atom stereocenters. The van der Waals surface area contributed by atoms with Gasteiger partial charge in [-0.25, -0.2) is 13.9 Å². The number of carbonyl (C=O) groups excluding carboxylic acids is 1. The van der Waals surface area contributed by atoms with Gasteiger partial charge in [-0.2, -0.15) is 10.1 Å². The highest BCUT2D eigenvalue weighted by Gasteiger charge is 2.40. The summed E-state index contributed by atoms with van der Waals surface area (Å²) in [6.07, 6.45) is 1.70. The number of carbonyl (C=O) groups is 1. The standard InChI is InChI=1S/C18H17Br2FN5OP/c1-10-2-15(26-17(24-10)22-9-23-26)12-6-18(21,28)8-25(7-12)16(27)11-3-13(19)5-14(20)4-11/h2-5,9,12H,6-8,28H2,1H3/t12-,18?/m0/s1. The van der Waals surface area contributed by atoms with Crippen LogP contribution in [-0.4, -0.2) is 48.9 Å². The second-order valence-electron chi connectivity index (χ2n) is 7.07. The van der Waals surface area contributed by atoms with Gasteiger partial charge in [-0.15, -0.1) is 0 Å². The summed E-state index contributed by atoms with van der Waals surface area (Å²) in [7, 11) is 2.27. The first-order valence-electron chi connectivity index (χ1n) is 8.62. The molecule has 28 heavy (non-hydrogen) atoms. The number of rotatable bonds is 2. The molecule has 3 heterocycles. The number of aromatic nitrogens is 4. The number of fused-ring (bicyclic) bond motifs is 1. The largest absolute Gasteiger partial charge is 0.334 e. The van der Waals surface area contributed by atoms with Crippen LogP contribution in [-0.2, 0) is 0 Å². The monoisotopic (exact) mass is 527 g/mol. The molecular formula is C18H17Br2FN5OP. The van der Waals surface area contributed by atoms with Crippen LogP contribution in [0.25, 0.3) is 5.78 Å². The molecule has 2 aromatic heterocycles. The van der Waals surface area contributed by atoms with Gasteiger partial charge in [0.05, 0.1) is 12.2 Å². The lowest BCUT2D eigenvalue weighted by Gasteiger charge is -2.40. The van der Waals surface area contributed by atoms with Crippen LogP contribution in [0.5, 0.6) is 0 Å². The van der Waals surface area contributed by atoms with Crippen molar-refractivity contribution in [3.8, 4) is 0 Å². The van der Waals surface area contributed by atoms with Crippen molar-refractivity contribution in [2.45, 2.75) is 24.7 Å². The highest BCUT2D eigenvalue weighted by molar-refractivity contribution is 9.11. The molecule has 1 fully saturated rings. The molecule has 0 N–H and O–H groups in total. The van der Waals surface area contributed by atoms with Crippen molar-refractivity contribution >= 4 is 52.8 Å². The van der Waals surface area contributed by atoms with E-state index in [1.165, 1.54) is 6.33 Å². The summed E-state index contributed by atoms with van der Waals surface area (Å²) in [5.41, 5.74) is 2.08. The summed E-state index contributed by atoms with van der Waals surface area (Å²) in [6.45, 7) is 2.27. The number of likely N-dealkylation sites (tertiary alicyclic amines) is 1. The summed E-state index contributed by atoms with van der Waals surface area (Å²) >= 11 is 6.81. The van der Waals surface area contributed by atoms with Crippen LogP contribution < -0.4 is 0 Å². The van der Waals surface area contributed by atoms with Gasteiger partial charge in [-0.3, -0.25) is 4.79 Å². The van der Waals surface area contributed by atoms with Gasteiger partial charge >= 0.3 is 0 Å². The van der Waals surface area contributed by atoms with E-state index in [1.54, 1.807) is 21.5 Å². The first-order valence-corrected chi connectivity index (χ1v) is 10.8. The fraction of sp³-hybridized carbons (Fsp3) is 0.333. The molecule has 1 aliphatic rings. The van der Waals surface area contributed by atoms with Crippen molar-refractivity contribution in [3.05, 3.63) is 56.5 Å². The van der Waals surface area contributed by atoms with E-state index in [1.807, 2.05) is 19.1 Å². The van der Waals surface area contributed by atoms with Crippen LogP contribution in [0.3, 0.4) is 0 Å². The van der Waals surface area contributed by atoms with E-state index in [-0.39, 0.29) is 24.8 Å². The predicted octanol–water partition coefficient (Wildman–Crippen LogP) is 4.13. The quantitative estimate of drug-likeness (QED) is 0.469. The lowest BCUT2D eigenvalue weighted by molar-refractivity contribution is 0.0543. The van der Waals surface area contributed by atoms with Crippen LogP contribution in [0.4, 0.5) is 4.39 Å². The van der Waals surface area contributed by atoms with Crippen molar-refractivity contribution in [1.82, 2.24) is 24.5 Å². The highest BCUT2D eigenvalue weighted by Crippen LogP contribution is 2.40. The van der Waals surface area contributed by atoms with Gasteiger partial charge in [0.1, 0.15) is 11.7 Å². The third-order valence-corrected chi connectivity index (χ3v) is 6.04. The molecule has 0 bridgehead atoms. The van der Waals surface area contributed by atoms with E-state index in [0.29, 0.717) is 17.9 Å². The number of aryl methyl sites for hydroxylation is 1. The van der Waals surface area contributed by atoms with Gasteiger partial charge in [0, 0.05) is 32.7 Å². The maximum atomic E-state index is 15.2. The Morgan fingerprint density at radius 1 is 1.29 bits per heavy atom. The zero-order valence-electron chi connectivity index (χ0n) is 14.9. The second-order valence-corrected chi connectivity index (χ2v) is 9.94. The van der Waals surface area contributed by atoms with Crippen LogP contribution in [0, 0.1) is 6.92 Å². The van der Waals surface area contributed by atoms with Gasteiger partial charge in [-0.1, -0.05) is 41.1 Å². The second kappa shape index (κ2) is 7.43. The van der Waals surface area contributed by atoms with E-state index in [2.05, 4.69) is 56.2 Å². The van der Waals surface area contributed by atoms with E-state index < -0.39 is 5.41 Å². The molecule has 0 aliphatic carbocycles. The van der Waals surface area contributed by atoms with Crippen molar-refractivity contribution in [1.29, 1.82) is 0 Å². The topological polar surface area (TPSA) is 63.4 Å². The summed E-state index contributed by atoms with van der Waals surface area (Å²) < 4.78 is 18.4. The molecular weight excluding hydrogens is 512 g/mol. The Kier molecular flexibility index (Phi) is 5.27. The Morgan fingerprint density at radius 3 is 2.71 bits per heavy atom. The Balaban J connectivity index is 1.71. The maximum absolute atomic E-state index is 15.2. The minimum absolute atomic E-state index is 0.0156. The van der Waals surface area contributed by atoms with Crippen molar-refractivity contribution < 1.29 is 9.18 Å². The number of benzene rings is 1. The van der Waals surface area contributed by atoms with Gasteiger partial charge in [0.25, 0.3) is 11.7 Å². The average molecular weight is 529 g/mol. The first-order chi connectivity index (χ1) is 13.2. The molecule has 1 aliphatic heterocycles.